The van der Waals surface area contributed by atoms with Gasteiger partial charge in [-0.2, -0.15) is 0 Å². The average Bonchev–Trinajstić information content (AvgIpc) is 2.63. The van der Waals surface area contributed by atoms with Crippen molar-refractivity contribution in [2.75, 3.05) is 23.7 Å². The minimum Gasteiger partial charge on any atom is -0.491 e. The number of rotatable bonds is 8. The maximum Gasteiger partial charge on any atom is 0.243 e. The first kappa shape index (κ1) is 24.0. The zero-order valence-electron chi connectivity index (χ0n) is 18.0. The van der Waals surface area contributed by atoms with Crippen molar-refractivity contribution < 1.29 is 17.9 Å². The van der Waals surface area contributed by atoms with Crippen LogP contribution < -0.4 is 14.4 Å². The van der Waals surface area contributed by atoms with E-state index in [1.54, 1.807) is 18.2 Å². The van der Waals surface area contributed by atoms with Crippen LogP contribution in [0.1, 0.15) is 33.3 Å². The first-order chi connectivity index (χ1) is 13.9. The standard InChI is InChI=1S/C22H29ClN2O4S/c1-16(25(30(5,27)28)18-10-8-9-17(23)15-18)21(26)24-13-14-29-20-12-7-6-11-19(20)22(2,3)4/h6-12,15-16H,13-14H2,1-5H3,(H,24,26). The summed E-state index contributed by atoms with van der Waals surface area (Å²) in [6, 6.07) is 13.2. The van der Waals surface area contributed by atoms with Gasteiger partial charge < -0.3 is 10.1 Å². The monoisotopic (exact) mass is 452 g/mol. The fourth-order valence-corrected chi connectivity index (χ4v) is 4.47. The molecule has 0 saturated heterocycles. The summed E-state index contributed by atoms with van der Waals surface area (Å²) in [7, 11) is -3.69. The van der Waals surface area contributed by atoms with Gasteiger partial charge in [0.15, 0.2) is 0 Å². The summed E-state index contributed by atoms with van der Waals surface area (Å²) >= 11 is 5.99. The Hall–Kier alpha value is -2.25. The number of anilines is 1. The van der Waals surface area contributed by atoms with E-state index in [4.69, 9.17) is 16.3 Å². The molecule has 0 aliphatic rings. The number of carbonyl (C=O) groups excluding carboxylic acids is 1. The zero-order valence-corrected chi connectivity index (χ0v) is 19.5. The predicted molar refractivity (Wildman–Crippen MR) is 122 cm³/mol. The summed E-state index contributed by atoms with van der Waals surface area (Å²) in [6.45, 7) is 8.36. The van der Waals surface area contributed by atoms with Crippen LogP contribution in [-0.4, -0.2) is 39.8 Å². The highest BCUT2D eigenvalue weighted by Crippen LogP contribution is 2.30. The highest BCUT2D eigenvalue weighted by molar-refractivity contribution is 7.92. The summed E-state index contributed by atoms with van der Waals surface area (Å²) in [5.74, 6) is 0.345. The van der Waals surface area contributed by atoms with Crippen LogP contribution in [0.5, 0.6) is 5.75 Å². The third-order valence-electron chi connectivity index (χ3n) is 4.51. The minimum absolute atomic E-state index is 0.0682. The second-order valence-electron chi connectivity index (χ2n) is 8.10. The van der Waals surface area contributed by atoms with Gasteiger partial charge in [-0.25, -0.2) is 8.42 Å². The third-order valence-corrected chi connectivity index (χ3v) is 5.98. The van der Waals surface area contributed by atoms with Crippen molar-refractivity contribution in [2.24, 2.45) is 0 Å². The number of hydrogen-bond donors (Lipinski definition) is 1. The van der Waals surface area contributed by atoms with Crippen molar-refractivity contribution in [1.82, 2.24) is 5.32 Å². The number of sulfonamides is 1. The second-order valence-corrected chi connectivity index (χ2v) is 10.4. The van der Waals surface area contributed by atoms with Gasteiger partial charge in [0, 0.05) is 5.02 Å². The van der Waals surface area contributed by atoms with Gasteiger partial charge in [0.05, 0.1) is 18.5 Å². The van der Waals surface area contributed by atoms with E-state index < -0.39 is 22.0 Å². The van der Waals surface area contributed by atoms with Crippen molar-refractivity contribution in [3.8, 4) is 5.75 Å². The van der Waals surface area contributed by atoms with Crippen LogP contribution in [0.25, 0.3) is 0 Å². The van der Waals surface area contributed by atoms with Gasteiger partial charge in [-0.3, -0.25) is 9.10 Å². The molecule has 8 heteroatoms. The quantitative estimate of drug-likeness (QED) is 0.614. The van der Waals surface area contributed by atoms with E-state index in [1.165, 1.54) is 13.0 Å². The maximum absolute atomic E-state index is 12.6. The Kier molecular flexibility index (Phi) is 7.77. The van der Waals surface area contributed by atoms with Gasteiger partial charge in [-0.1, -0.05) is 56.6 Å². The van der Waals surface area contributed by atoms with E-state index in [9.17, 15) is 13.2 Å². The Morgan fingerprint density at radius 2 is 1.83 bits per heavy atom. The molecule has 164 valence electrons. The molecule has 0 saturated carbocycles. The molecule has 1 unspecified atom stereocenters. The van der Waals surface area contributed by atoms with E-state index in [0.29, 0.717) is 10.7 Å². The fraction of sp³-hybridized carbons (Fsp3) is 0.409. The Bertz CT molecular complexity index is 987. The highest BCUT2D eigenvalue weighted by atomic mass is 35.5. The summed E-state index contributed by atoms with van der Waals surface area (Å²) in [5.41, 5.74) is 1.35. The summed E-state index contributed by atoms with van der Waals surface area (Å²) in [5, 5.41) is 3.13. The Labute approximate surface area is 184 Å². The van der Waals surface area contributed by atoms with Crippen LogP contribution >= 0.6 is 11.6 Å². The summed E-state index contributed by atoms with van der Waals surface area (Å²) in [4.78, 5) is 12.6. The number of benzene rings is 2. The molecule has 6 nitrogen and oxygen atoms in total. The molecule has 0 aliphatic heterocycles. The molecule has 2 aromatic carbocycles. The number of nitrogens with zero attached hydrogens (tertiary/aromatic N) is 1. The number of para-hydroxylation sites is 1. The topological polar surface area (TPSA) is 75.7 Å². The molecule has 1 atom stereocenters. The van der Waals surface area contributed by atoms with E-state index >= 15 is 0 Å². The average molecular weight is 453 g/mol. The molecule has 1 amide bonds. The normalized spacial score (nSPS) is 12.9. The first-order valence-electron chi connectivity index (χ1n) is 9.66. The molecule has 1 N–H and O–H groups in total. The molecule has 2 aromatic rings. The molecular formula is C22H29ClN2O4S. The third kappa shape index (κ3) is 6.37. The van der Waals surface area contributed by atoms with E-state index in [-0.39, 0.29) is 18.6 Å². The molecule has 0 fully saturated rings. The van der Waals surface area contributed by atoms with Crippen molar-refractivity contribution in [3.63, 3.8) is 0 Å². The van der Waals surface area contributed by atoms with Crippen LogP contribution in [0.4, 0.5) is 5.69 Å². The van der Waals surface area contributed by atoms with Gasteiger partial charge in [-0.05, 0) is 42.2 Å². The minimum atomic E-state index is -3.69. The Morgan fingerprint density at radius 1 is 1.17 bits per heavy atom. The largest absolute Gasteiger partial charge is 0.491 e. The fourth-order valence-electron chi connectivity index (χ4n) is 3.12. The number of nitrogens with one attached hydrogen (secondary N) is 1. The Morgan fingerprint density at radius 3 is 2.43 bits per heavy atom. The van der Waals surface area contributed by atoms with Crippen LogP contribution in [0.15, 0.2) is 48.5 Å². The van der Waals surface area contributed by atoms with E-state index in [1.807, 2.05) is 24.3 Å². The van der Waals surface area contributed by atoms with Crippen molar-refractivity contribution in [3.05, 3.63) is 59.1 Å². The molecular weight excluding hydrogens is 424 g/mol. The number of amides is 1. The van der Waals surface area contributed by atoms with Crippen LogP contribution in [0.2, 0.25) is 5.02 Å². The van der Waals surface area contributed by atoms with Gasteiger partial charge in [-0.15, -0.1) is 0 Å². The molecule has 2 rings (SSSR count). The molecule has 0 aliphatic carbocycles. The highest BCUT2D eigenvalue weighted by Gasteiger charge is 2.29. The Balaban J connectivity index is 2.02. The molecule has 0 radical (unpaired) electrons. The van der Waals surface area contributed by atoms with Gasteiger partial charge in [0.1, 0.15) is 18.4 Å². The zero-order chi connectivity index (χ0) is 22.5. The van der Waals surface area contributed by atoms with E-state index in [0.717, 1.165) is 21.9 Å². The molecule has 0 aromatic heterocycles. The first-order valence-corrected chi connectivity index (χ1v) is 11.9. The van der Waals surface area contributed by atoms with Crippen molar-refractivity contribution >= 4 is 33.2 Å². The lowest BCUT2D eigenvalue weighted by atomic mass is 9.86. The summed E-state index contributed by atoms with van der Waals surface area (Å²) < 4.78 is 31.5. The molecule has 30 heavy (non-hydrogen) atoms. The lowest BCUT2D eigenvalue weighted by Crippen LogP contribution is -2.48. The lowest BCUT2D eigenvalue weighted by Gasteiger charge is -2.28. The van der Waals surface area contributed by atoms with Crippen LogP contribution in [-0.2, 0) is 20.2 Å². The van der Waals surface area contributed by atoms with Gasteiger partial charge >= 0.3 is 0 Å². The smallest absolute Gasteiger partial charge is 0.243 e. The number of carbonyl (C=O) groups is 1. The van der Waals surface area contributed by atoms with Crippen molar-refractivity contribution in [2.45, 2.75) is 39.2 Å². The molecule has 0 bridgehead atoms. The van der Waals surface area contributed by atoms with Crippen molar-refractivity contribution in [1.29, 1.82) is 0 Å². The SMILES string of the molecule is CC(C(=O)NCCOc1ccccc1C(C)(C)C)N(c1cccc(Cl)c1)S(C)(=O)=O. The number of hydrogen-bond acceptors (Lipinski definition) is 4. The van der Waals surface area contributed by atoms with Gasteiger partial charge in [0.25, 0.3) is 0 Å². The number of halogens is 1. The van der Waals surface area contributed by atoms with Crippen LogP contribution in [0, 0.1) is 0 Å². The predicted octanol–water partition coefficient (Wildman–Crippen LogP) is 3.99. The molecule has 0 spiro atoms. The van der Waals surface area contributed by atoms with E-state index in [2.05, 4.69) is 26.1 Å². The van der Waals surface area contributed by atoms with Gasteiger partial charge in [0.2, 0.25) is 15.9 Å². The summed E-state index contributed by atoms with van der Waals surface area (Å²) in [6.07, 6.45) is 1.06. The number of ether oxygens (including phenoxy) is 1. The lowest BCUT2D eigenvalue weighted by molar-refractivity contribution is -0.121. The molecule has 0 heterocycles. The van der Waals surface area contributed by atoms with Crippen LogP contribution in [0.3, 0.4) is 0 Å². The maximum atomic E-state index is 12.6. The second kappa shape index (κ2) is 9.71.